The number of pyridine rings is 1. The third-order valence-electron chi connectivity index (χ3n) is 2.97. The lowest BCUT2D eigenvalue weighted by atomic mass is 10.0. The number of alkyl halides is 3. The fourth-order valence-electron chi connectivity index (χ4n) is 2.04. The van der Waals surface area contributed by atoms with Crippen LogP contribution in [0.3, 0.4) is 0 Å². The van der Waals surface area contributed by atoms with Gasteiger partial charge >= 0.3 is 6.18 Å². The molecular weight excluding hydrogens is 329 g/mol. The quantitative estimate of drug-likeness (QED) is 0.861. The van der Waals surface area contributed by atoms with Gasteiger partial charge in [-0.3, -0.25) is 4.79 Å². The summed E-state index contributed by atoms with van der Waals surface area (Å²) in [6.45, 7) is 1.87. The second-order valence-electron chi connectivity index (χ2n) is 5.19. The predicted octanol–water partition coefficient (Wildman–Crippen LogP) is 4.01. The molecule has 2 rings (SSSR count). The van der Waals surface area contributed by atoms with Gasteiger partial charge in [0.15, 0.2) is 0 Å². The van der Waals surface area contributed by atoms with Crippen LogP contribution in [0.25, 0.3) is 0 Å². The number of nitrogens with zero attached hydrogens (tertiary/aromatic N) is 1. The molecule has 1 atom stereocenters. The minimum absolute atomic E-state index is 0.0215. The maximum absolute atomic E-state index is 12.6. The first-order valence-corrected chi connectivity index (χ1v) is 7.70. The fraction of sp³-hybridized carbons (Fsp3) is 0.333. The van der Waals surface area contributed by atoms with Crippen LogP contribution in [0.1, 0.15) is 23.9 Å². The number of carbonyl (C=O) groups is 1. The van der Waals surface area contributed by atoms with Crippen molar-refractivity contribution < 1.29 is 22.7 Å². The molecule has 2 N–H and O–H groups in total. The minimum Gasteiger partial charge on any atom is -0.438 e. The third-order valence-corrected chi connectivity index (χ3v) is 3.92. The van der Waals surface area contributed by atoms with Crippen molar-refractivity contribution in [2.75, 3.05) is 0 Å². The number of hydrogen-bond donors (Lipinski definition) is 1. The topological polar surface area (TPSA) is 65.2 Å². The molecule has 23 heavy (non-hydrogen) atoms. The van der Waals surface area contributed by atoms with Gasteiger partial charge < -0.3 is 10.5 Å². The Morgan fingerprint density at radius 3 is 2.78 bits per heavy atom. The van der Waals surface area contributed by atoms with E-state index in [9.17, 15) is 18.0 Å². The zero-order chi connectivity index (χ0) is 17.0. The van der Waals surface area contributed by atoms with E-state index in [0.717, 1.165) is 6.07 Å². The third kappa shape index (κ3) is 5.24. The van der Waals surface area contributed by atoms with Crippen molar-refractivity contribution in [3.63, 3.8) is 0 Å². The highest BCUT2D eigenvalue weighted by Crippen LogP contribution is 2.37. The van der Waals surface area contributed by atoms with Crippen molar-refractivity contribution in [3.05, 3.63) is 40.2 Å². The first kappa shape index (κ1) is 17.3. The highest BCUT2D eigenvalue weighted by molar-refractivity contribution is 7.10. The first-order chi connectivity index (χ1) is 10.7. The van der Waals surface area contributed by atoms with Crippen LogP contribution in [-0.4, -0.2) is 10.9 Å². The number of carbonyl (C=O) groups excluding carboxylic acids is 1. The number of primary amides is 1. The van der Waals surface area contributed by atoms with Crippen LogP contribution in [0.2, 0.25) is 0 Å². The Morgan fingerprint density at radius 1 is 1.43 bits per heavy atom. The maximum atomic E-state index is 12.6. The molecule has 1 unspecified atom stereocenters. The van der Waals surface area contributed by atoms with E-state index in [1.54, 1.807) is 18.2 Å². The van der Waals surface area contributed by atoms with Crippen molar-refractivity contribution >= 4 is 17.2 Å². The Morgan fingerprint density at radius 2 is 2.17 bits per heavy atom. The van der Waals surface area contributed by atoms with Gasteiger partial charge in [0.2, 0.25) is 11.8 Å². The number of thiophene rings is 1. The van der Waals surface area contributed by atoms with Crippen LogP contribution in [0.5, 0.6) is 11.6 Å². The second kappa shape index (κ2) is 6.99. The summed E-state index contributed by atoms with van der Waals surface area (Å²) in [5, 5.41) is 1.28. The Bertz CT molecular complexity index is 685. The average molecular weight is 344 g/mol. The molecule has 0 aliphatic heterocycles. The Labute approximate surface area is 135 Å². The fourth-order valence-corrected chi connectivity index (χ4v) is 2.72. The smallest absolute Gasteiger partial charge is 0.425 e. The van der Waals surface area contributed by atoms with E-state index in [0.29, 0.717) is 23.5 Å². The molecule has 124 valence electrons. The molecule has 0 saturated heterocycles. The van der Waals surface area contributed by atoms with Crippen molar-refractivity contribution in [1.29, 1.82) is 0 Å². The molecule has 2 aromatic rings. The average Bonchev–Trinajstić information content (AvgIpc) is 2.86. The van der Waals surface area contributed by atoms with E-state index in [-0.39, 0.29) is 29.9 Å². The van der Waals surface area contributed by atoms with Crippen molar-refractivity contribution in [2.45, 2.75) is 25.9 Å². The lowest BCUT2D eigenvalue weighted by molar-refractivity contribution is -0.134. The van der Waals surface area contributed by atoms with E-state index in [1.807, 2.05) is 6.92 Å². The van der Waals surface area contributed by atoms with Crippen molar-refractivity contribution in [1.82, 2.24) is 4.98 Å². The Balaban J connectivity index is 2.05. The van der Waals surface area contributed by atoms with Crippen molar-refractivity contribution in [2.24, 2.45) is 11.7 Å². The molecule has 2 heterocycles. The lowest BCUT2D eigenvalue weighted by Gasteiger charge is -2.09. The summed E-state index contributed by atoms with van der Waals surface area (Å²) in [4.78, 5) is 14.4. The number of rotatable bonds is 6. The molecular formula is C15H15F3N2O2S. The van der Waals surface area contributed by atoms with Gasteiger partial charge in [0.05, 0.1) is 0 Å². The van der Waals surface area contributed by atoms with E-state index >= 15 is 0 Å². The van der Waals surface area contributed by atoms with Gasteiger partial charge in [0, 0.05) is 29.6 Å². The molecule has 1 amide bonds. The van der Waals surface area contributed by atoms with E-state index in [2.05, 4.69) is 4.98 Å². The largest absolute Gasteiger partial charge is 0.438 e. The molecule has 2 aromatic heterocycles. The minimum atomic E-state index is -4.38. The van der Waals surface area contributed by atoms with Gasteiger partial charge in [-0.15, -0.1) is 11.3 Å². The van der Waals surface area contributed by atoms with E-state index in [4.69, 9.17) is 10.5 Å². The number of ether oxygens (including phenoxy) is 1. The number of halogens is 3. The van der Waals surface area contributed by atoms with Gasteiger partial charge in [-0.05, 0) is 18.4 Å². The Hall–Kier alpha value is -2.09. The molecule has 0 spiro atoms. The molecule has 0 radical (unpaired) electrons. The van der Waals surface area contributed by atoms with Crippen LogP contribution in [0.4, 0.5) is 13.2 Å². The molecule has 4 nitrogen and oxygen atoms in total. The summed E-state index contributed by atoms with van der Waals surface area (Å²) >= 11 is 0.568. The first-order valence-electron chi connectivity index (χ1n) is 6.82. The zero-order valence-electron chi connectivity index (χ0n) is 12.3. The maximum Gasteiger partial charge on any atom is 0.425 e. The SMILES string of the molecule is CC(CC(N)=O)Cc1cccc(Oc2csc(C(F)(F)F)c2)n1. The highest BCUT2D eigenvalue weighted by Gasteiger charge is 2.32. The van der Waals surface area contributed by atoms with E-state index < -0.39 is 11.1 Å². The van der Waals surface area contributed by atoms with Gasteiger partial charge in [0.1, 0.15) is 10.6 Å². The van der Waals surface area contributed by atoms with Crippen LogP contribution in [-0.2, 0) is 17.4 Å². The van der Waals surface area contributed by atoms with Gasteiger partial charge in [-0.25, -0.2) is 4.98 Å². The molecule has 0 fully saturated rings. The van der Waals surface area contributed by atoms with Crippen LogP contribution in [0.15, 0.2) is 29.6 Å². The standard InChI is InChI=1S/C15H15F3N2O2S/c1-9(6-13(19)21)5-10-3-2-4-14(20-10)22-11-7-12(23-8-11)15(16,17)18/h2-4,7-9H,5-6H2,1H3,(H2,19,21). The molecule has 0 bridgehead atoms. The lowest BCUT2D eigenvalue weighted by Crippen LogP contribution is -2.16. The molecule has 0 aliphatic rings. The highest BCUT2D eigenvalue weighted by atomic mass is 32.1. The number of hydrogen-bond acceptors (Lipinski definition) is 4. The molecule has 0 aromatic carbocycles. The summed E-state index contributed by atoms with van der Waals surface area (Å²) in [6, 6.07) is 5.97. The zero-order valence-corrected chi connectivity index (χ0v) is 13.1. The van der Waals surface area contributed by atoms with Gasteiger partial charge in [-0.2, -0.15) is 13.2 Å². The summed E-state index contributed by atoms with van der Waals surface area (Å²) in [5.41, 5.74) is 5.82. The van der Waals surface area contributed by atoms with E-state index in [1.165, 1.54) is 5.38 Å². The molecule has 0 saturated carbocycles. The Kier molecular flexibility index (Phi) is 5.25. The monoisotopic (exact) mass is 344 g/mol. The molecule has 8 heteroatoms. The summed E-state index contributed by atoms with van der Waals surface area (Å²) in [7, 11) is 0. The normalized spacial score (nSPS) is 12.9. The number of nitrogens with two attached hydrogens (primary N) is 1. The van der Waals surface area contributed by atoms with Crippen LogP contribution >= 0.6 is 11.3 Å². The predicted molar refractivity (Wildman–Crippen MR) is 80.3 cm³/mol. The van der Waals surface area contributed by atoms with Gasteiger partial charge in [0.25, 0.3) is 0 Å². The van der Waals surface area contributed by atoms with Crippen LogP contribution in [0, 0.1) is 5.92 Å². The van der Waals surface area contributed by atoms with Gasteiger partial charge in [-0.1, -0.05) is 13.0 Å². The number of amides is 1. The van der Waals surface area contributed by atoms with Crippen molar-refractivity contribution in [3.8, 4) is 11.6 Å². The van der Waals surface area contributed by atoms with Crippen LogP contribution < -0.4 is 10.5 Å². The number of aromatic nitrogens is 1. The summed E-state index contributed by atoms with van der Waals surface area (Å²) in [6.07, 6.45) is -3.62. The summed E-state index contributed by atoms with van der Waals surface area (Å²) < 4.78 is 43.0. The second-order valence-corrected chi connectivity index (χ2v) is 6.10. The summed E-state index contributed by atoms with van der Waals surface area (Å²) in [5.74, 6) is -0.0615. The molecule has 0 aliphatic carbocycles.